The van der Waals surface area contributed by atoms with Gasteiger partial charge in [-0.2, -0.15) is 5.10 Å². The summed E-state index contributed by atoms with van der Waals surface area (Å²) >= 11 is 0. The summed E-state index contributed by atoms with van der Waals surface area (Å²) in [5, 5.41) is 4.51. The minimum atomic E-state index is -0.0645. The van der Waals surface area contributed by atoms with E-state index < -0.39 is 0 Å². The summed E-state index contributed by atoms with van der Waals surface area (Å²) in [4.78, 5) is 22.8. The van der Waals surface area contributed by atoms with Crippen LogP contribution in [0.5, 0.6) is 0 Å². The minimum absolute atomic E-state index is 0.0645. The molecule has 3 aromatic heterocycles. The first-order valence-electron chi connectivity index (χ1n) is 8.56. The van der Waals surface area contributed by atoms with Crippen LogP contribution in [0.15, 0.2) is 54.4 Å². The average molecular weight is 339 g/mol. The number of hydrogen-bond acceptors (Lipinski definition) is 5. The van der Waals surface area contributed by atoms with Crippen molar-refractivity contribution in [1.29, 1.82) is 0 Å². The first-order valence-corrected chi connectivity index (χ1v) is 8.56. The second-order valence-electron chi connectivity index (χ2n) is 6.31. The van der Waals surface area contributed by atoms with Crippen LogP contribution in [0.1, 0.15) is 12.8 Å². The van der Waals surface area contributed by atoms with Gasteiger partial charge in [-0.1, -0.05) is 0 Å². The summed E-state index contributed by atoms with van der Waals surface area (Å²) in [7, 11) is 0. The highest BCUT2D eigenvalue weighted by Gasteiger charge is 2.25. The summed E-state index contributed by atoms with van der Waals surface area (Å²) in [6.07, 6.45) is 13.1. The fourth-order valence-corrected chi connectivity index (χ4v) is 3.36. The van der Waals surface area contributed by atoms with Crippen LogP contribution in [-0.4, -0.2) is 52.9 Å². The lowest BCUT2D eigenvalue weighted by Gasteiger charge is -2.24. The van der Waals surface area contributed by atoms with E-state index >= 15 is 0 Å². The molecule has 0 radical (unpaired) electrons. The molecule has 0 aliphatic carbocycles. The fourth-order valence-electron chi connectivity index (χ4n) is 3.36. The monoisotopic (exact) mass is 339 g/mol. The van der Waals surface area contributed by atoms with Crippen molar-refractivity contribution in [3.05, 3.63) is 59.9 Å². The summed E-state index contributed by atoms with van der Waals surface area (Å²) in [5.74, 6) is 0.708. The van der Waals surface area contributed by atoms with Gasteiger partial charge in [0.1, 0.15) is 6.33 Å². The third-order valence-corrected chi connectivity index (χ3v) is 4.71. The molecule has 1 unspecified atom stereocenters. The Hall–Kier alpha value is -2.74. The lowest BCUT2D eigenvalue weighted by atomic mass is 10.2. The molecule has 1 aliphatic rings. The quantitative estimate of drug-likeness (QED) is 0.664. The molecule has 1 aliphatic heterocycles. The normalized spacial score (nSPS) is 18.0. The second kappa shape index (κ2) is 7.02. The molecular weight excluding hydrogens is 318 g/mol. The van der Waals surface area contributed by atoms with Crippen molar-refractivity contribution in [2.24, 2.45) is 0 Å². The fraction of sp³-hybridized carbons (Fsp3) is 0.412. The van der Waals surface area contributed by atoms with Crippen LogP contribution in [-0.2, 0) is 13.1 Å². The van der Waals surface area contributed by atoms with Crippen molar-refractivity contribution in [3.8, 4) is 5.82 Å². The summed E-state index contributed by atoms with van der Waals surface area (Å²) in [6, 6.07) is 3.64. The van der Waals surface area contributed by atoms with Gasteiger partial charge in [-0.25, -0.2) is 14.6 Å². The summed E-state index contributed by atoms with van der Waals surface area (Å²) < 4.78 is 5.47. The van der Waals surface area contributed by atoms with Crippen molar-refractivity contribution < 1.29 is 0 Å². The Morgan fingerprint density at radius 1 is 1.08 bits per heavy atom. The van der Waals surface area contributed by atoms with Gasteiger partial charge in [0.2, 0.25) is 0 Å². The lowest BCUT2D eigenvalue weighted by molar-refractivity contribution is 0.216. The molecule has 0 spiro atoms. The van der Waals surface area contributed by atoms with Crippen molar-refractivity contribution in [3.63, 3.8) is 0 Å². The second-order valence-corrected chi connectivity index (χ2v) is 6.31. The Kier molecular flexibility index (Phi) is 4.43. The number of aromatic nitrogens is 6. The van der Waals surface area contributed by atoms with E-state index in [1.807, 2.05) is 18.7 Å². The van der Waals surface area contributed by atoms with E-state index in [1.54, 1.807) is 40.1 Å². The van der Waals surface area contributed by atoms with E-state index in [-0.39, 0.29) is 5.56 Å². The molecule has 0 bridgehead atoms. The number of nitrogens with zero attached hydrogens (tertiary/aromatic N) is 7. The third kappa shape index (κ3) is 3.53. The zero-order chi connectivity index (χ0) is 17.1. The van der Waals surface area contributed by atoms with Crippen LogP contribution in [0.3, 0.4) is 0 Å². The van der Waals surface area contributed by atoms with E-state index in [0.717, 1.165) is 32.5 Å². The Morgan fingerprint density at radius 2 is 1.96 bits per heavy atom. The van der Waals surface area contributed by atoms with Gasteiger partial charge in [0.25, 0.3) is 5.56 Å². The van der Waals surface area contributed by atoms with Crippen molar-refractivity contribution in [2.75, 3.05) is 13.1 Å². The first kappa shape index (κ1) is 15.8. The van der Waals surface area contributed by atoms with E-state index in [4.69, 9.17) is 0 Å². The molecular formula is C17H21N7O. The molecule has 3 aromatic rings. The Morgan fingerprint density at radius 3 is 2.76 bits per heavy atom. The zero-order valence-electron chi connectivity index (χ0n) is 14.0. The van der Waals surface area contributed by atoms with E-state index in [1.165, 1.54) is 0 Å². The van der Waals surface area contributed by atoms with Gasteiger partial charge in [-0.15, -0.1) is 0 Å². The van der Waals surface area contributed by atoms with E-state index in [2.05, 4.69) is 24.5 Å². The SMILES string of the molecule is O=c1ccc(-n2ccnc2)nn1CC1CCCN1CCn1ccnc1. The van der Waals surface area contributed by atoms with Crippen LogP contribution < -0.4 is 5.56 Å². The molecule has 1 fully saturated rings. The van der Waals surface area contributed by atoms with Gasteiger partial charge < -0.3 is 4.57 Å². The number of imidazole rings is 2. The maximum Gasteiger partial charge on any atom is 0.266 e. The predicted octanol–water partition coefficient (Wildman–Crippen LogP) is 0.790. The maximum atomic E-state index is 12.2. The van der Waals surface area contributed by atoms with Crippen molar-refractivity contribution in [1.82, 2.24) is 33.8 Å². The van der Waals surface area contributed by atoms with Crippen molar-refractivity contribution in [2.45, 2.75) is 32.0 Å². The first-order chi connectivity index (χ1) is 12.3. The molecule has 1 atom stereocenters. The standard InChI is InChI=1S/C17H21N7O/c25-17-4-3-16(23-9-6-19-14-23)20-24(17)12-15-2-1-7-22(15)11-10-21-8-5-18-13-21/h3-6,8-9,13-15H,1-2,7,10-12H2. The molecule has 8 nitrogen and oxygen atoms in total. The highest BCUT2D eigenvalue weighted by molar-refractivity contribution is 5.19. The smallest absolute Gasteiger partial charge is 0.266 e. The van der Waals surface area contributed by atoms with E-state index in [0.29, 0.717) is 18.4 Å². The predicted molar refractivity (Wildman–Crippen MR) is 92.4 cm³/mol. The zero-order valence-corrected chi connectivity index (χ0v) is 14.0. The maximum absolute atomic E-state index is 12.2. The molecule has 0 amide bonds. The van der Waals surface area contributed by atoms with Crippen LogP contribution >= 0.6 is 0 Å². The molecule has 8 heteroatoms. The van der Waals surface area contributed by atoms with Gasteiger partial charge in [-0.05, 0) is 25.5 Å². The van der Waals surface area contributed by atoms with Crippen LogP contribution in [0.25, 0.3) is 5.82 Å². The number of likely N-dealkylation sites (tertiary alicyclic amines) is 1. The topological polar surface area (TPSA) is 73.8 Å². The molecule has 4 rings (SSSR count). The number of rotatable bonds is 6. The Labute approximate surface area is 145 Å². The van der Waals surface area contributed by atoms with Crippen molar-refractivity contribution >= 4 is 0 Å². The highest BCUT2D eigenvalue weighted by Crippen LogP contribution is 2.18. The lowest BCUT2D eigenvalue weighted by Crippen LogP contribution is -2.38. The summed E-state index contributed by atoms with van der Waals surface area (Å²) in [5.41, 5.74) is -0.0645. The largest absolute Gasteiger partial charge is 0.336 e. The van der Waals surface area contributed by atoms with Crippen LogP contribution in [0.4, 0.5) is 0 Å². The van der Waals surface area contributed by atoms with Gasteiger partial charge >= 0.3 is 0 Å². The van der Waals surface area contributed by atoms with Gasteiger partial charge in [0.15, 0.2) is 5.82 Å². The van der Waals surface area contributed by atoms with Gasteiger partial charge in [-0.3, -0.25) is 14.3 Å². The minimum Gasteiger partial charge on any atom is -0.336 e. The highest BCUT2D eigenvalue weighted by atomic mass is 16.1. The average Bonchev–Trinajstić information content (AvgIpc) is 3.38. The molecule has 0 N–H and O–H groups in total. The molecule has 25 heavy (non-hydrogen) atoms. The van der Waals surface area contributed by atoms with Crippen LogP contribution in [0, 0.1) is 0 Å². The Bertz CT molecular complexity index is 854. The molecule has 1 saturated heterocycles. The van der Waals surface area contributed by atoms with Gasteiger partial charge in [0, 0.05) is 50.0 Å². The number of hydrogen-bond donors (Lipinski definition) is 0. The summed E-state index contributed by atoms with van der Waals surface area (Å²) in [6.45, 7) is 3.55. The van der Waals surface area contributed by atoms with E-state index in [9.17, 15) is 4.79 Å². The molecule has 0 saturated carbocycles. The third-order valence-electron chi connectivity index (χ3n) is 4.71. The molecule has 4 heterocycles. The molecule has 130 valence electrons. The molecule has 0 aromatic carbocycles. The van der Waals surface area contributed by atoms with Gasteiger partial charge in [0.05, 0.1) is 12.9 Å². The Balaban J connectivity index is 1.47. The van der Waals surface area contributed by atoms with Crippen LogP contribution in [0.2, 0.25) is 0 Å².